The van der Waals surface area contributed by atoms with Gasteiger partial charge in [-0.2, -0.15) is 5.10 Å². The molecule has 1 N–H and O–H groups in total. The van der Waals surface area contributed by atoms with Crippen LogP contribution in [0.3, 0.4) is 0 Å². The lowest BCUT2D eigenvalue weighted by molar-refractivity contribution is -0.127. The first-order valence-corrected chi connectivity index (χ1v) is 6.67. The van der Waals surface area contributed by atoms with E-state index in [1.54, 1.807) is 18.8 Å². The predicted molar refractivity (Wildman–Crippen MR) is 71.1 cm³/mol. The van der Waals surface area contributed by atoms with E-state index in [1.807, 2.05) is 0 Å². The molecular formula is C11H15BrN4O3. The van der Waals surface area contributed by atoms with Crippen molar-refractivity contribution in [3.8, 4) is 5.88 Å². The summed E-state index contributed by atoms with van der Waals surface area (Å²) >= 11 is 3.31. The molecular weight excluding hydrogens is 316 g/mol. The Labute approximate surface area is 119 Å². The van der Waals surface area contributed by atoms with E-state index in [9.17, 15) is 9.59 Å². The van der Waals surface area contributed by atoms with Gasteiger partial charge in [0, 0.05) is 27.1 Å². The lowest BCUT2D eigenvalue weighted by atomic mass is 10.4. The van der Waals surface area contributed by atoms with E-state index in [2.05, 4.69) is 26.3 Å². The minimum atomic E-state index is -0.396. The number of halogens is 1. The number of nitrogens with one attached hydrogen (secondary N) is 1. The van der Waals surface area contributed by atoms with Gasteiger partial charge in [-0.3, -0.25) is 9.59 Å². The van der Waals surface area contributed by atoms with Gasteiger partial charge in [-0.15, -0.1) is 0 Å². The number of carbonyl (C=O) groups is 2. The number of aryl methyl sites for hydroxylation is 1. The lowest BCUT2D eigenvalue weighted by Crippen LogP contribution is -2.36. The molecule has 0 unspecified atom stereocenters. The number of fused-ring (bicyclic) bond motifs is 1. The Morgan fingerprint density at radius 1 is 1.53 bits per heavy atom. The average Bonchev–Trinajstić information content (AvgIpc) is 2.73. The highest BCUT2D eigenvalue weighted by atomic mass is 79.9. The van der Waals surface area contributed by atoms with Crippen LogP contribution in [0, 0.1) is 0 Å². The summed E-state index contributed by atoms with van der Waals surface area (Å²) in [5.74, 6) is -0.00685. The SMILES string of the molecule is CN(C)C(=O)CNC(=O)c1nn2c(c1Br)OCCC2. The summed E-state index contributed by atoms with van der Waals surface area (Å²) in [5.41, 5.74) is 0.239. The molecule has 0 saturated heterocycles. The van der Waals surface area contributed by atoms with Gasteiger partial charge < -0.3 is 15.0 Å². The summed E-state index contributed by atoms with van der Waals surface area (Å²) in [4.78, 5) is 24.8. The summed E-state index contributed by atoms with van der Waals surface area (Å²) in [6.07, 6.45) is 0.862. The third kappa shape index (κ3) is 2.89. The van der Waals surface area contributed by atoms with Crippen molar-refractivity contribution in [1.82, 2.24) is 20.0 Å². The third-order valence-electron chi connectivity index (χ3n) is 2.72. The maximum absolute atomic E-state index is 12.0. The van der Waals surface area contributed by atoms with E-state index in [1.165, 1.54) is 4.90 Å². The van der Waals surface area contributed by atoms with Gasteiger partial charge in [-0.1, -0.05) is 0 Å². The fraction of sp³-hybridized carbons (Fsp3) is 0.545. The fourth-order valence-corrected chi connectivity index (χ4v) is 2.22. The first-order chi connectivity index (χ1) is 9.00. The van der Waals surface area contributed by atoms with Gasteiger partial charge >= 0.3 is 0 Å². The minimum Gasteiger partial charge on any atom is -0.477 e. The van der Waals surface area contributed by atoms with Gasteiger partial charge in [-0.05, 0) is 15.9 Å². The minimum absolute atomic E-state index is 0.0542. The summed E-state index contributed by atoms with van der Waals surface area (Å²) in [5, 5.41) is 6.72. The zero-order valence-corrected chi connectivity index (χ0v) is 12.4. The largest absolute Gasteiger partial charge is 0.477 e. The Morgan fingerprint density at radius 2 is 2.26 bits per heavy atom. The molecule has 7 nitrogen and oxygen atoms in total. The van der Waals surface area contributed by atoms with E-state index in [0.29, 0.717) is 17.0 Å². The second kappa shape index (κ2) is 5.60. The van der Waals surface area contributed by atoms with Crippen molar-refractivity contribution in [2.45, 2.75) is 13.0 Å². The van der Waals surface area contributed by atoms with Crippen LogP contribution in [0.4, 0.5) is 0 Å². The highest BCUT2D eigenvalue weighted by Crippen LogP contribution is 2.31. The first kappa shape index (κ1) is 13.9. The Balaban J connectivity index is 2.07. The smallest absolute Gasteiger partial charge is 0.273 e. The molecule has 0 aromatic carbocycles. The van der Waals surface area contributed by atoms with Crippen LogP contribution in [0.2, 0.25) is 0 Å². The fourth-order valence-electron chi connectivity index (χ4n) is 1.64. The molecule has 0 saturated carbocycles. The van der Waals surface area contributed by atoms with Crippen molar-refractivity contribution < 1.29 is 14.3 Å². The highest BCUT2D eigenvalue weighted by Gasteiger charge is 2.24. The summed E-state index contributed by atoms with van der Waals surface area (Å²) in [6, 6.07) is 0. The summed E-state index contributed by atoms with van der Waals surface area (Å²) < 4.78 is 7.63. The number of carbonyl (C=O) groups excluding carboxylic acids is 2. The Hall–Kier alpha value is -1.57. The molecule has 19 heavy (non-hydrogen) atoms. The second-order valence-electron chi connectivity index (χ2n) is 4.36. The van der Waals surface area contributed by atoms with Crippen molar-refractivity contribution >= 4 is 27.7 Å². The molecule has 0 bridgehead atoms. The van der Waals surface area contributed by atoms with Gasteiger partial charge in [0.25, 0.3) is 5.91 Å². The van der Waals surface area contributed by atoms with Crippen molar-refractivity contribution in [2.75, 3.05) is 27.2 Å². The molecule has 104 valence electrons. The van der Waals surface area contributed by atoms with E-state index >= 15 is 0 Å². The number of likely N-dealkylation sites (N-methyl/N-ethyl adjacent to an activating group) is 1. The maximum atomic E-state index is 12.0. The molecule has 2 amide bonds. The molecule has 0 fully saturated rings. The highest BCUT2D eigenvalue weighted by molar-refractivity contribution is 9.10. The Kier molecular flexibility index (Phi) is 4.08. The molecule has 0 spiro atoms. The molecule has 1 aromatic heterocycles. The quantitative estimate of drug-likeness (QED) is 0.861. The van der Waals surface area contributed by atoms with Crippen molar-refractivity contribution in [3.63, 3.8) is 0 Å². The van der Waals surface area contributed by atoms with Crippen LogP contribution in [0.5, 0.6) is 5.88 Å². The zero-order chi connectivity index (χ0) is 14.0. The molecule has 2 heterocycles. The summed E-state index contributed by atoms with van der Waals surface area (Å²) in [7, 11) is 3.27. The molecule has 0 radical (unpaired) electrons. The van der Waals surface area contributed by atoms with Crippen LogP contribution in [0.1, 0.15) is 16.9 Å². The topological polar surface area (TPSA) is 76.5 Å². The van der Waals surface area contributed by atoms with Crippen LogP contribution in [0.25, 0.3) is 0 Å². The number of amides is 2. The summed E-state index contributed by atoms with van der Waals surface area (Å²) in [6.45, 7) is 1.28. The van der Waals surface area contributed by atoms with Gasteiger partial charge in [-0.25, -0.2) is 4.68 Å². The van der Waals surface area contributed by atoms with Gasteiger partial charge in [0.1, 0.15) is 4.47 Å². The number of hydrogen-bond acceptors (Lipinski definition) is 4. The van der Waals surface area contributed by atoms with Crippen molar-refractivity contribution in [2.24, 2.45) is 0 Å². The number of nitrogens with zero attached hydrogens (tertiary/aromatic N) is 3. The number of ether oxygens (including phenoxy) is 1. The van der Waals surface area contributed by atoms with Gasteiger partial charge in [0.05, 0.1) is 13.2 Å². The molecule has 8 heteroatoms. The van der Waals surface area contributed by atoms with Crippen LogP contribution in [-0.4, -0.2) is 53.7 Å². The molecule has 1 aliphatic heterocycles. The van der Waals surface area contributed by atoms with Crippen LogP contribution in [-0.2, 0) is 11.3 Å². The lowest BCUT2D eigenvalue weighted by Gasteiger charge is -2.14. The number of hydrogen-bond donors (Lipinski definition) is 1. The molecule has 2 rings (SSSR count). The normalized spacial score (nSPS) is 13.4. The van der Waals surface area contributed by atoms with Crippen LogP contribution in [0.15, 0.2) is 4.47 Å². The van der Waals surface area contributed by atoms with E-state index < -0.39 is 5.91 Å². The van der Waals surface area contributed by atoms with Crippen LogP contribution >= 0.6 is 15.9 Å². The molecule has 1 aromatic rings. The van der Waals surface area contributed by atoms with Gasteiger partial charge in [0.2, 0.25) is 11.8 Å². The second-order valence-corrected chi connectivity index (χ2v) is 5.16. The van der Waals surface area contributed by atoms with E-state index in [0.717, 1.165) is 13.0 Å². The Bertz CT molecular complexity index is 512. The molecule has 0 atom stereocenters. The predicted octanol–water partition coefficient (Wildman–Crippen LogP) is 0.246. The van der Waals surface area contributed by atoms with Gasteiger partial charge in [0.15, 0.2) is 5.69 Å². The van der Waals surface area contributed by atoms with Crippen molar-refractivity contribution in [1.29, 1.82) is 0 Å². The Morgan fingerprint density at radius 3 is 2.89 bits per heavy atom. The van der Waals surface area contributed by atoms with E-state index in [4.69, 9.17) is 4.74 Å². The maximum Gasteiger partial charge on any atom is 0.273 e. The monoisotopic (exact) mass is 330 g/mol. The van der Waals surface area contributed by atoms with E-state index in [-0.39, 0.29) is 18.1 Å². The zero-order valence-electron chi connectivity index (χ0n) is 10.8. The van der Waals surface area contributed by atoms with Crippen LogP contribution < -0.4 is 10.1 Å². The number of aromatic nitrogens is 2. The third-order valence-corrected chi connectivity index (χ3v) is 3.43. The molecule has 0 aliphatic carbocycles. The standard InChI is InChI=1S/C11H15BrN4O3/c1-15(2)7(17)6-13-10(18)9-8(12)11-16(14-9)4-3-5-19-11/h3-6H2,1-2H3,(H,13,18). The molecule has 1 aliphatic rings. The first-order valence-electron chi connectivity index (χ1n) is 5.88. The average molecular weight is 331 g/mol. The van der Waals surface area contributed by atoms with Crippen molar-refractivity contribution in [3.05, 3.63) is 10.2 Å². The number of rotatable bonds is 3.